The highest BCUT2D eigenvalue weighted by atomic mass is 35.5. The number of carbonyl (C=O) groups excluding carboxylic acids is 1. The number of halogens is 1. The Morgan fingerprint density at radius 2 is 2.16 bits per heavy atom. The molecule has 5 heteroatoms. The highest BCUT2D eigenvalue weighted by Gasteiger charge is 2.33. The number of nitrogens with one attached hydrogen (secondary N) is 1. The molecule has 0 aliphatic heterocycles. The number of hydrogen-bond acceptors (Lipinski definition) is 3. The Morgan fingerprint density at radius 1 is 1.47 bits per heavy atom. The van der Waals surface area contributed by atoms with Crippen LogP contribution >= 0.6 is 11.6 Å². The molecule has 1 aliphatic carbocycles. The second kappa shape index (κ2) is 5.02. The van der Waals surface area contributed by atoms with Gasteiger partial charge in [0.1, 0.15) is 5.60 Å². The predicted octanol–water partition coefficient (Wildman–Crippen LogP) is 2.79. The van der Waals surface area contributed by atoms with Gasteiger partial charge in [0.25, 0.3) is 0 Å². The number of nitrogens with two attached hydrogens (primary N) is 1. The van der Waals surface area contributed by atoms with Gasteiger partial charge in [0.2, 0.25) is 0 Å². The normalized spacial score (nSPS) is 21.9. The van der Waals surface area contributed by atoms with Gasteiger partial charge >= 0.3 is 6.09 Å². The van der Waals surface area contributed by atoms with E-state index in [1.807, 2.05) is 39.0 Å². The average Bonchev–Trinajstić information content (AvgIpc) is 2.55. The van der Waals surface area contributed by atoms with Crippen molar-refractivity contribution >= 4 is 17.7 Å². The van der Waals surface area contributed by atoms with Crippen LogP contribution in [0.15, 0.2) is 18.2 Å². The van der Waals surface area contributed by atoms with E-state index in [9.17, 15) is 4.79 Å². The highest BCUT2D eigenvalue weighted by molar-refractivity contribution is 6.31. The molecule has 0 spiro atoms. The zero-order chi connectivity index (χ0) is 14.2. The molecule has 104 valence electrons. The minimum absolute atomic E-state index is 0.178. The van der Waals surface area contributed by atoms with Crippen molar-refractivity contribution in [1.82, 2.24) is 5.32 Å². The smallest absolute Gasteiger partial charge is 0.408 e. The number of benzene rings is 1. The van der Waals surface area contributed by atoms with Gasteiger partial charge in [-0.2, -0.15) is 0 Å². The van der Waals surface area contributed by atoms with E-state index in [1.54, 1.807) is 0 Å². The molecule has 1 aromatic rings. The molecular formula is C14H19ClN2O2. The monoisotopic (exact) mass is 282 g/mol. The second-order valence-corrected chi connectivity index (χ2v) is 6.21. The summed E-state index contributed by atoms with van der Waals surface area (Å²) in [4.78, 5) is 11.8. The molecule has 1 aliphatic rings. The maximum atomic E-state index is 11.8. The fourth-order valence-electron chi connectivity index (χ4n) is 2.29. The van der Waals surface area contributed by atoms with Crippen LogP contribution in [0.25, 0.3) is 0 Å². The summed E-state index contributed by atoms with van der Waals surface area (Å²) in [5.74, 6) is 0. The predicted molar refractivity (Wildman–Crippen MR) is 75.2 cm³/mol. The molecule has 1 amide bonds. The fourth-order valence-corrected chi connectivity index (χ4v) is 2.54. The van der Waals surface area contributed by atoms with Crippen LogP contribution in [0.3, 0.4) is 0 Å². The maximum absolute atomic E-state index is 11.8. The molecule has 2 atom stereocenters. The van der Waals surface area contributed by atoms with Gasteiger partial charge in [-0.25, -0.2) is 4.79 Å². The third-order valence-electron chi connectivity index (χ3n) is 3.03. The third kappa shape index (κ3) is 3.19. The van der Waals surface area contributed by atoms with Crippen molar-refractivity contribution < 1.29 is 9.53 Å². The van der Waals surface area contributed by atoms with Crippen LogP contribution in [-0.2, 0) is 11.2 Å². The lowest BCUT2D eigenvalue weighted by molar-refractivity contribution is 0.0499. The lowest BCUT2D eigenvalue weighted by Gasteiger charge is -2.23. The van der Waals surface area contributed by atoms with Crippen LogP contribution in [0.2, 0.25) is 5.02 Å². The van der Waals surface area contributed by atoms with Crippen molar-refractivity contribution in [1.29, 1.82) is 0 Å². The van der Waals surface area contributed by atoms with Crippen LogP contribution in [0.1, 0.15) is 37.9 Å². The number of rotatable bonds is 1. The van der Waals surface area contributed by atoms with E-state index in [0.717, 1.165) is 11.1 Å². The zero-order valence-corrected chi connectivity index (χ0v) is 12.1. The van der Waals surface area contributed by atoms with E-state index in [0.29, 0.717) is 11.4 Å². The Kier molecular flexibility index (Phi) is 3.74. The van der Waals surface area contributed by atoms with Crippen LogP contribution in [-0.4, -0.2) is 17.7 Å². The Hall–Kier alpha value is -1.26. The minimum atomic E-state index is -0.524. The van der Waals surface area contributed by atoms with Gasteiger partial charge in [-0.05, 0) is 44.4 Å². The molecule has 0 bridgehead atoms. The summed E-state index contributed by atoms with van der Waals surface area (Å²) in [5, 5.41) is 3.52. The van der Waals surface area contributed by atoms with E-state index in [2.05, 4.69) is 5.32 Å². The van der Waals surface area contributed by atoms with Crippen LogP contribution in [0.5, 0.6) is 0 Å². The lowest BCUT2D eigenvalue weighted by atomic mass is 10.1. The van der Waals surface area contributed by atoms with Gasteiger partial charge in [-0.1, -0.05) is 23.7 Å². The first-order valence-corrected chi connectivity index (χ1v) is 6.68. The van der Waals surface area contributed by atoms with Crippen molar-refractivity contribution in [3.8, 4) is 0 Å². The van der Waals surface area contributed by atoms with Gasteiger partial charge in [-0.3, -0.25) is 0 Å². The number of hydrogen-bond donors (Lipinski definition) is 2. The number of amides is 1. The molecule has 1 aromatic carbocycles. The Labute approximate surface area is 118 Å². The number of fused-ring (bicyclic) bond motifs is 1. The topological polar surface area (TPSA) is 64.3 Å². The highest BCUT2D eigenvalue weighted by Crippen LogP contribution is 2.34. The first-order chi connectivity index (χ1) is 8.78. The van der Waals surface area contributed by atoms with Crippen LogP contribution in [0.4, 0.5) is 4.79 Å². The number of alkyl carbamates (subject to hydrolysis) is 1. The molecule has 0 radical (unpaired) electrons. The summed E-state index contributed by atoms with van der Waals surface area (Å²) in [5.41, 5.74) is 7.55. The van der Waals surface area contributed by atoms with E-state index >= 15 is 0 Å². The molecular weight excluding hydrogens is 264 g/mol. The van der Waals surface area contributed by atoms with E-state index < -0.39 is 11.7 Å². The van der Waals surface area contributed by atoms with Crippen molar-refractivity contribution in [2.45, 2.75) is 44.9 Å². The number of ether oxygens (including phenoxy) is 1. The molecule has 0 saturated heterocycles. The Balaban J connectivity index is 2.15. The lowest BCUT2D eigenvalue weighted by Crippen LogP contribution is -2.41. The molecule has 3 N–H and O–H groups in total. The summed E-state index contributed by atoms with van der Waals surface area (Å²) in [6.07, 6.45) is 0.205. The second-order valence-electron chi connectivity index (χ2n) is 5.80. The van der Waals surface area contributed by atoms with E-state index in [4.69, 9.17) is 22.1 Å². The summed E-state index contributed by atoms with van der Waals surface area (Å²) in [6, 6.07) is 5.22. The standard InChI is InChI=1S/C14H19ClN2O2/c1-14(2,3)19-13(18)17-12-8-5-4-6-10(15)9(8)7-11(12)16/h4-6,11-12H,7,16H2,1-3H3,(H,17,18)/t11-,12-/m1/s1. The molecule has 0 aromatic heterocycles. The molecule has 0 unspecified atom stereocenters. The Bertz CT molecular complexity index is 497. The number of carbonyl (C=O) groups is 1. The summed E-state index contributed by atoms with van der Waals surface area (Å²) in [6.45, 7) is 5.48. The van der Waals surface area contributed by atoms with E-state index in [-0.39, 0.29) is 12.1 Å². The summed E-state index contributed by atoms with van der Waals surface area (Å²) < 4.78 is 5.25. The van der Waals surface area contributed by atoms with E-state index in [1.165, 1.54) is 0 Å². The van der Waals surface area contributed by atoms with Gasteiger partial charge in [0, 0.05) is 11.1 Å². The van der Waals surface area contributed by atoms with Gasteiger partial charge in [0.15, 0.2) is 0 Å². The van der Waals surface area contributed by atoms with Gasteiger partial charge in [-0.15, -0.1) is 0 Å². The summed E-state index contributed by atoms with van der Waals surface area (Å²) in [7, 11) is 0. The van der Waals surface area contributed by atoms with Crippen molar-refractivity contribution in [3.63, 3.8) is 0 Å². The molecule has 19 heavy (non-hydrogen) atoms. The Morgan fingerprint density at radius 3 is 2.79 bits per heavy atom. The van der Waals surface area contributed by atoms with Gasteiger partial charge < -0.3 is 15.8 Å². The molecule has 0 fully saturated rings. The largest absolute Gasteiger partial charge is 0.444 e. The van der Waals surface area contributed by atoms with Gasteiger partial charge in [0.05, 0.1) is 6.04 Å². The van der Waals surface area contributed by atoms with Crippen LogP contribution < -0.4 is 11.1 Å². The third-order valence-corrected chi connectivity index (χ3v) is 3.38. The zero-order valence-electron chi connectivity index (χ0n) is 11.4. The first-order valence-electron chi connectivity index (χ1n) is 6.30. The summed E-state index contributed by atoms with van der Waals surface area (Å²) >= 11 is 6.14. The average molecular weight is 283 g/mol. The quantitative estimate of drug-likeness (QED) is 0.832. The van der Waals surface area contributed by atoms with Crippen molar-refractivity contribution in [2.75, 3.05) is 0 Å². The van der Waals surface area contributed by atoms with Crippen LogP contribution in [0, 0.1) is 0 Å². The minimum Gasteiger partial charge on any atom is -0.444 e. The van der Waals surface area contributed by atoms with Crippen molar-refractivity contribution in [2.24, 2.45) is 5.73 Å². The maximum Gasteiger partial charge on any atom is 0.408 e. The molecule has 4 nitrogen and oxygen atoms in total. The molecule has 0 saturated carbocycles. The first kappa shape index (κ1) is 14.2. The molecule has 0 heterocycles. The van der Waals surface area contributed by atoms with Crippen molar-refractivity contribution in [3.05, 3.63) is 34.3 Å². The molecule has 2 rings (SSSR count). The SMILES string of the molecule is CC(C)(C)OC(=O)N[C@@H]1c2cccc(Cl)c2C[C@H]1N. The fraction of sp³-hybridized carbons (Fsp3) is 0.500.